The highest BCUT2D eigenvalue weighted by Crippen LogP contribution is 2.38. The molecule has 1 saturated heterocycles. The van der Waals surface area contributed by atoms with E-state index in [9.17, 15) is 31.6 Å². The third-order valence-corrected chi connectivity index (χ3v) is 8.94. The average Bonchev–Trinajstić information content (AvgIpc) is 2.89. The molecule has 0 radical (unpaired) electrons. The summed E-state index contributed by atoms with van der Waals surface area (Å²) >= 11 is 0. The molecular weight excluding hydrogens is 525 g/mol. The number of alkyl halides is 3. The predicted octanol–water partition coefficient (Wildman–Crippen LogP) is 5.00. The van der Waals surface area contributed by atoms with Crippen LogP contribution in [0.1, 0.15) is 18.4 Å². The van der Waals surface area contributed by atoms with Crippen LogP contribution in [0.15, 0.2) is 77.7 Å². The lowest BCUT2D eigenvalue weighted by molar-refractivity contribution is -0.274. The summed E-state index contributed by atoms with van der Waals surface area (Å²) in [7, 11) is -4.24. The molecular formula is C26H25F3N2O6S. The first-order valence-corrected chi connectivity index (χ1v) is 13.1. The molecule has 3 aromatic carbocycles. The SMILES string of the molecule is Cc1ccc(N2CCC(C(=O)NO)(S(=O)(=O)c3ccc(Oc4ccc(OC(F)(F)F)cc4)cc3)CC2)cc1. The van der Waals surface area contributed by atoms with Gasteiger partial charge in [-0.1, -0.05) is 17.7 Å². The van der Waals surface area contributed by atoms with Crippen molar-refractivity contribution >= 4 is 21.4 Å². The topological polar surface area (TPSA) is 105 Å². The van der Waals surface area contributed by atoms with Crippen LogP contribution in [0.3, 0.4) is 0 Å². The minimum absolute atomic E-state index is 0.0415. The Hall–Kier alpha value is -3.77. The van der Waals surface area contributed by atoms with Crippen molar-refractivity contribution in [2.75, 3.05) is 18.0 Å². The van der Waals surface area contributed by atoms with Gasteiger partial charge in [0.1, 0.15) is 17.2 Å². The molecule has 0 spiro atoms. The lowest BCUT2D eigenvalue weighted by Crippen LogP contribution is -2.57. The van der Waals surface area contributed by atoms with Crippen molar-refractivity contribution in [3.05, 3.63) is 78.4 Å². The maximum Gasteiger partial charge on any atom is 0.573 e. The maximum absolute atomic E-state index is 13.7. The lowest BCUT2D eigenvalue weighted by atomic mass is 9.94. The zero-order valence-electron chi connectivity index (χ0n) is 20.2. The van der Waals surface area contributed by atoms with Gasteiger partial charge < -0.3 is 14.4 Å². The van der Waals surface area contributed by atoms with Gasteiger partial charge in [-0.2, -0.15) is 0 Å². The Balaban J connectivity index is 1.51. The molecule has 3 aromatic rings. The monoisotopic (exact) mass is 550 g/mol. The molecule has 38 heavy (non-hydrogen) atoms. The molecule has 2 N–H and O–H groups in total. The number of anilines is 1. The second kappa shape index (κ2) is 10.5. The molecule has 0 aliphatic carbocycles. The van der Waals surface area contributed by atoms with Gasteiger partial charge in [-0.05, 0) is 80.4 Å². The maximum atomic E-state index is 13.7. The molecule has 0 aromatic heterocycles. The predicted molar refractivity (Wildman–Crippen MR) is 132 cm³/mol. The third-order valence-electron chi connectivity index (χ3n) is 6.43. The summed E-state index contributed by atoms with van der Waals surface area (Å²) < 4.78 is 71.9. The number of carbonyl (C=O) groups excluding carboxylic acids is 1. The molecule has 1 aliphatic rings. The van der Waals surface area contributed by atoms with Gasteiger partial charge in [0, 0.05) is 18.8 Å². The van der Waals surface area contributed by atoms with Crippen LogP contribution in [-0.4, -0.2) is 43.7 Å². The minimum Gasteiger partial charge on any atom is -0.457 e. The highest BCUT2D eigenvalue weighted by Gasteiger charge is 2.53. The molecule has 0 saturated carbocycles. The van der Waals surface area contributed by atoms with Gasteiger partial charge in [0.2, 0.25) is 0 Å². The van der Waals surface area contributed by atoms with E-state index in [4.69, 9.17) is 4.74 Å². The van der Waals surface area contributed by atoms with Crippen molar-refractivity contribution in [3.63, 3.8) is 0 Å². The second-order valence-corrected chi connectivity index (χ2v) is 11.1. The number of hydrogen-bond acceptors (Lipinski definition) is 7. The quantitative estimate of drug-likeness (QED) is 0.315. The van der Waals surface area contributed by atoms with Crippen molar-refractivity contribution in [2.24, 2.45) is 0 Å². The number of hydrogen-bond donors (Lipinski definition) is 2. The van der Waals surface area contributed by atoms with Crippen LogP contribution in [0, 0.1) is 6.92 Å². The zero-order chi connectivity index (χ0) is 27.6. The van der Waals surface area contributed by atoms with Gasteiger partial charge in [0.05, 0.1) is 4.90 Å². The number of halogens is 3. The molecule has 8 nitrogen and oxygen atoms in total. The fourth-order valence-electron chi connectivity index (χ4n) is 4.36. The summed E-state index contributed by atoms with van der Waals surface area (Å²) in [5.74, 6) is -0.979. The Labute approximate surface area is 217 Å². The first-order valence-electron chi connectivity index (χ1n) is 11.6. The number of ether oxygens (including phenoxy) is 2. The number of hydroxylamine groups is 1. The van der Waals surface area contributed by atoms with Crippen molar-refractivity contribution in [2.45, 2.75) is 35.8 Å². The number of piperidine rings is 1. The summed E-state index contributed by atoms with van der Waals surface area (Å²) in [6, 6.07) is 17.8. The Morgan fingerprint density at radius 3 is 1.89 bits per heavy atom. The van der Waals surface area contributed by atoms with E-state index in [0.29, 0.717) is 0 Å². The fourth-order valence-corrected chi connectivity index (χ4v) is 6.31. The molecule has 1 amide bonds. The van der Waals surface area contributed by atoms with Gasteiger partial charge >= 0.3 is 6.36 Å². The number of sulfone groups is 1. The van der Waals surface area contributed by atoms with Crippen molar-refractivity contribution in [3.8, 4) is 17.2 Å². The Bertz CT molecular complexity index is 1370. The first kappa shape index (κ1) is 27.3. The van der Waals surface area contributed by atoms with E-state index in [1.807, 2.05) is 36.1 Å². The van der Waals surface area contributed by atoms with Crippen LogP contribution in [0.2, 0.25) is 0 Å². The largest absolute Gasteiger partial charge is 0.573 e. The molecule has 0 bridgehead atoms. The Morgan fingerprint density at radius 1 is 0.895 bits per heavy atom. The lowest BCUT2D eigenvalue weighted by Gasteiger charge is -2.40. The number of nitrogens with zero attached hydrogens (tertiary/aromatic N) is 1. The summed E-state index contributed by atoms with van der Waals surface area (Å²) in [5.41, 5.74) is 3.53. The van der Waals surface area contributed by atoms with E-state index in [-0.39, 0.29) is 42.3 Å². The van der Waals surface area contributed by atoms with Crippen LogP contribution in [0.4, 0.5) is 18.9 Å². The van der Waals surface area contributed by atoms with E-state index in [1.54, 1.807) is 0 Å². The van der Waals surface area contributed by atoms with Crippen LogP contribution in [0.5, 0.6) is 17.2 Å². The zero-order valence-corrected chi connectivity index (χ0v) is 21.1. The summed E-state index contributed by atoms with van der Waals surface area (Å²) in [4.78, 5) is 14.6. The van der Waals surface area contributed by atoms with E-state index < -0.39 is 32.6 Å². The van der Waals surface area contributed by atoms with E-state index in [2.05, 4.69) is 4.74 Å². The number of aryl methyl sites for hydroxylation is 1. The summed E-state index contributed by atoms with van der Waals surface area (Å²) in [5, 5.41) is 9.40. The van der Waals surface area contributed by atoms with Crippen molar-refractivity contribution in [1.29, 1.82) is 0 Å². The van der Waals surface area contributed by atoms with Crippen LogP contribution >= 0.6 is 0 Å². The second-order valence-electron chi connectivity index (χ2n) is 8.85. The van der Waals surface area contributed by atoms with Gasteiger partial charge in [0.25, 0.3) is 5.91 Å². The number of carbonyl (C=O) groups is 1. The van der Waals surface area contributed by atoms with E-state index >= 15 is 0 Å². The van der Waals surface area contributed by atoms with Crippen molar-refractivity contribution < 1.29 is 41.1 Å². The van der Waals surface area contributed by atoms with E-state index in [1.165, 1.54) is 41.9 Å². The number of rotatable bonds is 7. The molecule has 4 rings (SSSR count). The van der Waals surface area contributed by atoms with Gasteiger partial charge in [-0.25, -0.2) is 13.9 Å². The van der Waals surface area contributed by atoms with Gasteiger partial charge in [-0.3, -0.25) is 10.0 Å². The van der Waals surface area contributed by atoms with Crippen molar-refractivity contribution in [1.82, 2.24) is 5.48 Å². The number of nitrogens with one attached hydrogen (secondary N) is 1. The molecule has 202 valence electrons. The van der Waals surface area contributed by atoms with Crippen LogP contribution < -0.4 is 19.9 Å². The normalized spacial score (nSPS) is 15.6. The third kappa shape index (κ3) is 5.70. The number of benzene rings is 3. The molecule has 0 unspecified atom stereocenters. The summed E-state index contributed by atoms with van der Waals surface area (Å²) in [6.45, 7) is 2.53. The molecule has 12 heteroatoms. The van der Waals surface area contributed by atoms with Crippen LogP contribution in [0.25, 0.3) is 0 Å². The Morgan fingerprint density at radius 2 is 1.39 bits per heavy atom. The molecule has 1 heterocycles. The fraction of sp³-hybridized carbons (Fsp3) is 0.269. The molecule has 0 atom stereocenters. The minimum atomic E-state index is -4.81. The Kier molecular flexibility index (Phi) is 7.56. The number of amides is 1. The highest BCUT2D eigenvalue weighted by molar-refractivity contribution is 7.93. The highest BCUT2D eigenvalue weighted by atomic mass is 32.2. The van der Waals surface area contributed by atoms with Gasteiger partial charge in [-0.15, -0.1) is 13.2 Å². The first-order chi connectivity index (χ1) is 17.9. The molecule has 1 aliphatic heterocycles. The van der Waals surface area contributed by atoms with Gasteiger partial charge in [0.15, 0.2) is 14.6 Å². The summed E-state index contributed by atoms with van der Waals surface area (Å²) in [6.07, 6.45) is -4.90. The standard InChI is InChI=1S/C26H25F3N2O6S/c1-18-2-4-19(5-3-18)31-16-14-25(15-17-31,24(32)30-33)38(34,35)23-12-10-21(11-13-23)36-20-6-8-22(9-7-20)37-26(27,28)29/h2-13,33H,14-17H2,1H3,(H,30,32). The average molecular weight is 551 g/mol. The van der Waals surface area contributed by atoms with E-state index in [0.717, 1.165) is 23.4 Å². The smallest absolute Gasteiger partial charge is 0.457 e. The van der Waals surface area contributed by atoms with Crippen LogP contribution in [-0.2, 0) is 14.6 Å². The molecule has 1 fully saturated rings.